The molecule has 164 valence electrons. The maximum atomic E-state index is 12.3. The summed E-state index contributed by atoms with van der Waals surface area (Å²) in [7, 11) is 5.48. The first-order chi connectivity index (χ1) is 14.4. The number of carbonyl (C=O) groups is 1. The Morgan fingerprint density at radius 2 is 2.13 bits per heavy atom. The maximum Gasteiger partial charge on any atom is 0.319 e. The third-order valence-electron chi connectivity index (χ3n) is 4.92. The molecule has 1 aromatic carbocycles. The second kappa shape index (κ2) is 10.4. The van der Waals surface area contributed by atoms with Crippen LogP contribution in [0.3, 0.4) is 0 Å². The Kier molecular flexibility index (Phi) is 7.67. The van der Waals surface area contributed by atoms with E-state index in [-0.39, 0.29) is 18.7 Å². The van der Waals surface area contributed by atoms with Gasteiger partial charge in [0.25, 0.3) is 0 Å². The van der Waals surface area contributed by atoms with Gasteiger partial charge < -0.3 is 34.6 Å². The molecule has 3 N–H and O–H groups in total. The average molecular weight is 418 g/mol. The molecule has 3 unspecified atom stereocenters. The third-order valence-corrected chi connectivity index (χ3v) is 4.92. The van der Waals surface area contributed by atoms with E-state index in [0.717, 1.165) is 17.9 Å². The van der Waals surface area contributed by atoms with E-state index in [9.17, 15) is 9.90 Å². The van der Waals surface area contributed by atoms with Crippen LogP contribution >= 0.6 is 0 Å². The van der Waals surface area contributed by atoms with E-state index < -0.39 is 12.2 Å². The molecule has 1 aliphatic rings. The van der Waals surface area contributed by atoms with Gasteiger partial charge in [-0.1, -0.05) is 17.3 Å². The van der Waals surface area contributed by atoms with Crippen molar-refractivity contribution in [1.82, 2.24) is 15.4 Å². The molecule has 1 fully saturated rings. The summed E-state index contributed by atoms with van der Waals surface area (Å²) in [6.07, 6.45) is 0.728. The van der Waals surface area contributed by atoms with Crippen LogP contribution in [-0.2, 0) is 17.7 Å². The predicted molar refractivity (Wildman–Crippen MR) is 112 cm³/mol. The smallest absolute Gasteiger partial charge is 0.319 e. The van der Waals surface area contributed by atoms with Gasteiger partial charge in [0.15, 0.2) is 5.76 Å². The van der Waals surface area contributed by atoms with Gasteiger partial charge in [-0.2, -0.15) is 0 Å². The summed E-state index contributed by atoms with van der Waals surface area (Å²) in [5, 5.41) is 19.9. The van der Waals surface area contributed by atoms with Crippen LogP contribution in [0.4, 0.5) is 10.5 Å². The fourth-order valence-corrected chi connectivity index (χ4v) is 3.46. The van der Waals surface area contributed by atoms with Gasteiger partial charge in [-0.05, 0) is 39.1 Å². The highest BCUT2D eigenvalue weighted by Crippen LogP contribution is 2.24. The average Bonchev–Trinajstić information content (AvgIpc) is 3.14. The lowest BCUT2D eigenvalue weighted by Gasteiger charge is -2.33. The summed E-state index contributed by atoms with van der Waals surface area (Å²) in [6, 6.07) is 8.70. The number of rotatable bonds is 8. The molecule has 0 bridgehead atoms. The number of urea groups is 1. The standard InChI is InChI=1S/C21H30N4O5/c1-25(2)13-16-11-14(24-30-16)10-15-8-9-18(26)20(29-15)12-22-21(27)23-17-6-4-5-7-19(17)28-3/h4-7,11,15,18,20,26H,8-10,12-13H2,1-3H3,(H2,22,23,27). The molecule has 2 aromatic rings. The lowest BCUT2D eigenvalue weighted by Crippen LogP contribution is -2.47. The number of para-hydroxylation sites is 2. The minimum Gasteiger partial charge on any atom is -0.495 e. The number of aliphatic hydroxyl groups is 1. The van der Waals surface area contributed by atoms with Crippen LogP contribution in [0.15, 0.2) is 34.9 Å². The lowest BCUT2D eigenvalue weighted by molar-refractivity contribution is -0.113. The molecule has 1 aromatic heterocycles. The highest BCUT2D eigenvalue weighted by Gasteiger charge is 2.31. The SMILES string of the molecule is COc1ccccc1NC(=O)NCC1OC(Cc2cc(CN(C)C)on2)CCC1O. The van der Waals surface area contributed by atoms with Crippen LogP contribution in [0.5, 0.6) is 5.75 Å². The number of carbonyl (C=O) groups excluding carboxylic acids is 1. The number of ether oxygens (including phenoxy) is 2. The molecule has 0 aliphatic carbocycles. The van der Waals surface area contributed by atoms with Crippen LogP contribution < -0.4 is 15.4 Å². The van der Waals surface area contributed by atoms with Crippen molar-refractivity contribution < 1.29 is 23.9 Å². The zero-order chi connectivity index (χ0) is 21.5. The molecule has 0 saturated carbocycles. The minimum absolute atomic E-state index is 0.0882. The predicted octanol–water partition coefficient (Wildman–Crippen LogP) is 2.02. The number of benzene rings is 1. The van der Waals surface area contributed by atoms with Crippen molar-refractivity contribution in [2.24, 2.45) is 0 Å². The van der Waals surface area contributed by atoms with Crippen LogP contribution in [0.2, 0.25) is 0 Å². The summed E-state index contributed by atoms with van der Waals surface area (Å²) in [6.45, 7) is 0.883. The Bertz CT molecular complexity index is 825. The first-order valence-electron chi connectivity index (χ1n) is 10.0. The summed E-state index contributed by atoms with van der Waals surface area (Å²) >= 11 is 0. The van der Waals surface area contributed by atoms with Crippen LogP contribution in [0.1, 0.15) is 24.3 Å². The molecule has 3 rings (SSSR count). The minimum atomic E-state index is -0.630. The van der Waals surface area contributed by atoms with Gasteiger partial charge in [0.05, 0.1) is 37.2 Å². The Labute approximate surface area is 176 Å². The van der Waals surface area contributed by atoms with Gasteiger partial charge in [0, 0.05) is 19.0 Å². The second-order valence-corrected chi connectivity index (χ2v) is 7.70. The molecular formula is C21H30N4O5. The summed E-state index contributed by atoms with van der Waals surface area (Å²) in [4.78, 5) is 14.3. The number of aromatic nitrogens is 1. The van der Waals surface area contributed by atoms with Crippen molar-refractivity contribution in [1.29, 1.82) is 0 Å². The second-order valence-electron chi connectivity index (χ2n) is 7.70. The Hall–Kier alpha value is -2.62. The normalized spacial score (nSPS) is 21.4. The zero-order valence-corrected chi connectivity index (χ0v) is 17.6. The third kappa shape index (κ3) is 6.19. The first-order valence-corrected chi connectivity index (χ1v) is 10.0. The summed E-state index contributed by atoms with van der Waals surface area (Å²) in [5.74, 6) is 1.37. The first kappa shape index (κ1) is 22.1. The number of hydrogen-bond acceptors (Lipinski definition) is 7. The molecule has 1 aliphatic heterocycles. The van der Waals surface area contributed by atoms with Crippen molar-refractivity contribution in [3.8, 4) is 5.75 Å². The molecule has 9 nitrogen and oxygen atoms in total. The highest BCUT2D eigenvalue weighted by molar-refractivity contribution is 5.90. The van der Waals surface area contributed by atoms with Gasteiger partial charge in [0.1, 0.15) is 11.9 Å². The van der Waals surface area contributed by atoms with E-state index in [0.29, 0.717) is 30.8 Å². The number of hydrogen-bond donors (Lipinski definition) is 3. The van der Waals surface area contributed by atoms with E-state index >= 15 is 0 Å². The van der Waals surface area contributed by atoms with E-state index in [2.05, 4.69) is 15.8 Å². The van der Waals surface area contributed by atoms with Crippen molar-refractivity contribution in [2.75, 3.05) is 33.1 Å². The van der Waals surface area contributed by atoms with E-state index in [1.165, 1.54) is 0 Å². The van der Waals surface area contributed by atoms with Crippen LogP contribution in [0.25, 0.3) is 0 Å². The maximum absolute atomic E-state index is 12.3. The van der Waals surface area contributed by atoms with Crippen LogP contribution in [0, 0.1) is 0 Å². The Morgan fingerprint density at radius 1 is 1.33 bits per heavy atom. The van der Waals surface area contributed by atoms with Gasteiger partial charge >= 0.3 is 6.03 Å². The number of methoxy groups -OCH3 is 1. The Balaban J connectivity index is 1.49. The van der Waals surface area contributed by atoms with E-state index in [1.807, 2.05) is 37.2 Å². The molecule has 9 heteroatoms. The van der Waals surface area contributed by atoms with Crippen LogP contribution in [-0.4, -0.2) is 67.3 Å². The van der Waals surface area contributed by atoms with E-state index in [4.69, 9.17) is 14.0 Å². The molecule has 2 amide bonds. The zero-order valence-electron chi connectivity index (χ0n) is 17.6. The van der Waals surface area contributed by atoms with Gasteiger partial charge in [-0.15, -0.1) is 0 Å². The number of nitrogens with zero attached hydrogens (tertiary/aromatic N) is 2. The quantitative estimate of drug-likeness (QED) is 0.602. The van der Waals surface area contributed by atoms with Crippen molar-refractivity contribution in [3.63, 3.8) is 0 Å². The molecule has 0 radical (unpaired) electrons. The van der Waals surface area contributed by atoms with E-state index in [1.54, 1.807) is 19.2 Å². The topological polar surface area (TPSA) is 109 Å². The summed E-state index contributed by atoms with van der Waals surface area (Å²) in [5.41, 5.74) is 1.40. The Morgan fingerprint density at radius 3 is 2.90 bits per heavy atom. The highest BCUT2D eigenvalue weighted by atomic mass is 16.5. The molecule has 30 heavy (non-hydrogen) atoms. The largest absolute Gasteiger partial charge is 0.495 e. The molecule has 0 spiro atoms. The van der Waals surface area contributed by atoms with Gasteiger partial charge in [0.2, 0.25) is 0 Å². The van der Waals surface area contributed by atoms with Gasteiger partial charge in [-0.3, -0.25) is 0 Å². The number of nitrogens with one attached hydrogen (secondary N) is 2. The lowest BCUT2D eigenvalue weighted by atomic mass is 9.98. The fourth-order valence-electron chi connectivity index (χ4n) is 3.46. The monoisotopic (exact) mass is 418 g/mol. The summed E-state index contributed by atoms with van der Waals surface area (Å²) < 4.78 is 16.6. The number of aliphatic hydroxyl groups excluding tert-OH is 1. The molecular weight excluding hydrogens is 388 g/mol. The fraction of sp³-hybridized carbons (Fsp3) is 0.524. The van der Waals surface area contributed by atoms with Crippen molar-refractivity contribution in [3.05, 3.63) is 41.8 Å². The number of anilines is 1. The molecule has 3 atom stereocenters. The molecule has 1 saturated heterocycles. The van der Waals surface area contributed by atoms with Crippen molar-refractivity contribution >= 4 is 11.7 Å². The number of amides is 2. The van der Waals surface area contributed by atoms with Crippen molar-refractivity contribution in [2.45, 2.75) is 44.1 Å². The van der Waals surface area contributed by atoms with Gasteiger partial charge in [-0.25, -0.2) is 4.79 Å². The molecule has 2 heterocycles.